The molecule has 0 amide bonds. The topological polar surface area (TPSA) is 32.7 Å². The molecule has 74 valence electrons. The molecular formula is C10H17NO2. The van der Waals surface area contributed by atoms with E-state index in [1.165, 1.54) is 0 Å². The van der Waals surface area contributed by atoms with Gasteiger partial charge in [0.2, 0.25) is 0 Å². The lowest BCUT2D eigenvalue weighted by molar-refractivity contribution is 0.277. The maximum atomic E-state index is 9.04. The van der Waals surface area contributed by atoms with Crippen LogP contribution in [0.15, 0.2) is 24.3 Å². The van der Waals surface area contributed by atoms with Crippen molar-refractivity contribution >= 4 is 5.69 Å². The Bertz CT molecular complexity index is 236. The van der Waals surface area contributed by atoms with E-state index in [1.54, 1.807) is 26.4 Å². The zero-order valence-electron chi connectivity index (χ0n) is 8.61. The van der Waals surface area contributed by atoms with Crippen molar-refractivity contribution in [1.29, 1.82) is 0 Å². The molecule has 1 rings (SSSR count). The number of phenolic OH excluding ortho intramolecular Hbond substituents is 1. The van der Waals surface area contributed by atoms with Crippen LogP contribution in [0.1, 0.15) is 0 Å². The van der Waals surface area contributed by atoms with Gasteiger partial charge in [0.1, 0.15) is 5.75 Å². The van der Waals surface area contributed by atoms with Crippen LogP contribution in [-0.2, 0) is 4.74 Å². The third-order valence-corrected chi connectivity index (χ3v) is 1.35. The summed E-state index contributed by atoms with van der Waals surface area (Å²) in [6.07, 6.45) is 0. The van der Waals surface area contributed by atoms with Crippen LogP contribution in [-0.4, -0.2) is 33.4 Å². The van der Waals surface area contributed by atoms with Gasteiger partial charge >= 0.3 is 0 Å². The second-order valence-corrected chi connectivity index (χ2v) is 2.82. The summed E-state index contributed by atoms with van der Waals surface area (Å²) < 4.78 is 4.25. The van der Waals surface area contributed by atoms with Gasteiger partial charge in [0.15, 0.2) is 0 Å². The van der Waals surface area contributed by atoms with Crippen LogP contribution in [0.5, 0.6) is 5.75 Å². The number of anilines is 1. The Morgan fingerprint density at radius 3 is 2.08 bits per heavy atom. The molecular weight excluding hydrogens is 166 g/mol. The third kappa shape index (κ3) is 5.09. The van der Waals surface area contributed by atoms with Gasteiger partial charge < -0.3 is 14.7 Å². The molecule has 0 saturated heterocycles. The average Bonchev–Trinajstić information content (AvgIpc) is 2.05. The number of benzene rings is 1. The summed E-state index contributed by atoms with van der Waals surface area (Å²) in [6, 6.07) is 7.15. The zero-order chi connectivity index (χ0) is 10.3. The highest BCUT2D eigenvalue weighted by Crippen LogP contribution is 2.16. The highest BCUT2D eigenvalue weighted by molar-refractivity contribution is 5.48. The van der Waals surface area contributed by atoms with Crippen molar-refractivity contribution < 1.29 is 9.84 Å². The van der Waals surface area contributed by atoms with Gasteiger partial charge in [-0.25, -0.2) is 0 Å². The normalized spacial score (nSPS) is 8.62. The Morgan fingerprint density at radius 1 is 1.23 bits per heavy atom. The van der Waals surface area contributed by atoms with E-state index >= 15 is 0 Å². The van der Waals surface area contributed by atoms with Gasteiger partial charge in [-0.05, 0) is 12.1 Å². The third-order valence-electron chi connectivity index (χ3n) is 1.35. The molecule has 0 bridgehead atoms. The van der Waals surface area contributed by atoms with Crippen LogP contribution in [0.3, 0.4) is 0 Å². The summed E-state index contributed by atoms with van der Waals surface area (Å²) in [5, 5.41) is 9.04. The van der Waals surface area contributed by atoms with Crippen LogP contribution >= 0.6 is 0 Å². The van der Waals surface area contributed by atoms with Gasteiger partial charge in [0, 0.05) is 40.1 Å². The first kappa shape index (κ1) is 11.8. The van der Waals surface area contributed by atoms with Gasteiger partial charge in [-0.2, -0.15) is 0 Å². The summed E-state index contributed by atoms with van der Waals surface area (Å²) in [5.41, 5.74) is 1.01. The lowest BCUT2D eigenvalue weighted by Crippen LogP contribution is -2.07. The molecule has 0 aliphatic heterocycles. The number of ether oxygens (including phenoxy) is 1. The lowest BCUT2D eigenvalue weighted by Gasteiger charge is -2.11. The maximum Gasteiger partial charge on any atom is 0.117 e. The Hall–Kier alpha value is -1.22. The number of aromatic hydroxyl groups is 1. The van der Waals surface area contributed by atoms with E-state index in [1.807, 2.05) is 31.1 Å². The molecule has 13 heavy (non-hydrogen) atoms. The minimum absolute atomic E-state index is 0.311. The summed E-state index contributed by atoms with van der Waals surface area (Å²) in [6.45, 7) is 0. The van der Waals surface area contributed by atoms with Crippen LogP contribution in [0.25, 0.3) is 0 Å². The van der Waals surface area contributed by atoms with Crippen LogP contribution in [0.2, 0.25) is 0 Å². The number of phenols is 1. The largest absolute Gasteiger partial charge is 0.508 e. The summed E-state index contributed by atoms with van der Waals surface area (Å²) in [7, 11) is 7.13. The first-order valence-corrected chi connectivity index (χ1v) is 3.98. The molecule has 0 aromatic heterocycles. The van der Waals surface area contributed by atoms with Gasteiger partial charge in [0.05, 0.1) is 0 Å². The molecule has 1 aromatic rings. The van der Waals surface area contributed by atoms with E-state index in [2.05, 4.69) is 4.74 Å². The molecule has 0 aliphatic carbocycles. The Kier molecular flexibility index (Phi) is 5.72. The minimum atomic E-state index is 0.311. The van der Waals surface area contributed by atoms with E-state index in [0.29, 0.717) is 5.75 Å². The quantitative estimate of drug-likeness (QED) is 0.719. The summed E-state index contributed by atoms with van der Waals surface area (Å²) >= 11 is 0. The second-order valence-electron chi connectivity index (χ2n) is 2.82. The second kappa shape index (κ2) is 6.31. The van der Waals surface area contributed by atoms with Gasteiger partial charge in [-0.1, -0.05) is 6.07 Å². The Labute approximate surface area is 79.6 Å². The smallest absolute Gasteiger partial charge is 0.117 e. The van der Waals surface area contributed by atoms with Gasteiger partial charge in [-0.15, -0.1) is 0 Å². The first-order valence-electron chi connectivity index (χ1n) is 3.98. The number of hydrogen-bond acceptors (Lipinski definition) is 3. The Morgan fingerprint density at radius 2 is 1.77 bits per heavy atom. The SMILES string of the molecule is CN(C)c1cccc(O)c1.COC. The molecule has 1 aromatic carbocycles. The number of methoxy groups -OCH3 is 1. The molecule has 0 spiro atoms. The van der Waals surface area contributed by atoms with E-state index in [0.717, 1.165) is 5.69 Å². The molecule has 3 heteroatoms. The average molecular weight is 183 g/mol. The highest BCUT2D eigenvalue weighted by Gasteiger charge is 1.93. The van der Waals surface area contributed by atoms with Gasteiger partial charge in [-0.3, -0.25) is 0 Å². The van der Waals surface area contributed by atoms with Gasteiger partial charge in [0.25, 0.3) is 0 Å². The van der Waals surface area contributed by atoms with Crippen molar-refractivity contribution in [3.63, 3.8) is 0 Å². The van der Waals surface area contributed by atoms with Crippen molar-refractivity contribution in [1.82, 2.24) is 0 Å². The molecule has 0 heterocycles. The molecule has 0 saturated carbocycles. The molecule has 0 fully saturated rings. The monoisotopic (exact) mass is 183 g/mol. The van der Waals surface area contributed by atoms with Crippen LogP contribution in [0, 0.1) is 0 Å². The minimum Gasteiger partial charge on any atom is -0.508 e. The summed E-state index contributed by atoms with van der Waals surface area (Å²) in [5.74, 6) is 0.311. The number of rotatable bonds is 1. The van der Waals surface area contributed by atoms with E-state index in [-0.39, 0.29) is 0 Å². The fourth-order valence-electron chi connectivity index (χ4n) is 0.771. The van der Waals surface area contributed by atoms with Crippen LogP contribution in [0.4, 0.5) is 5.69 Å². The van der Waals surface area contributed by atoms with E-state index in [4.69, 9.17) is 5.11 Å². The molecule has 1 N–H and O–H groups in total. The van der Waals surface area contributed by atoms with Crippen molar-refractivity contribution in [3.8, 4) is 5.75 Å². The molecule has 0 aliphatic rings. The molecule has 3 nitrogen and oxygen atoms in total. The summed E-state index contributed by atoms with van der Waals surface area (Å²) in [4.78, 5) is 1.94. The molecule has 0 atom stereocenters. The fraction of sp³-hybridized carbons (Fsp3) is 0.400. The van der Waals surface area contributed by atoms with Crippen molar-refractivity contribution in [2.24, 2.45) is 0 Å². The standard InChI is InChI=1S/C8H11NO.C2H6O/c1-9(2)7-4-3-5-8(10)6-7;1-3-2/h3-6,10H,1-2H3;1-2H3. The predicted molar refractivity (Wildman–Crippen MR) is 55.4 cm³/mol. The predicted octanol–water partition coefficient (Wildman–Crippen LogP) is 1.72. The maximum absolute atomic E-state index is 9.04. The van der Waals surface area contributed by atoms with Crippen molar-refractivity contribution in [2.75, 3.05) is 33.2 Å². The van der Waals surface area contributed by atoms with E-state index in [9.17, 15) is 0 Å². The van der Waals surface area contributed by atoms with E-state index < -0.39 is 0 Å². The molecule has 0 radical (unpaired) electrons. The zero-order valence-corrected chi connectivity index (χ0v) is 8.61. The molecule has 0 unspecified atom stereocenters. The van der Waals surface area contributed by atoms with Crippen molar-refractivity contribution in [2.45, 2.75) is 0 Å². The van der Waals surface area contributed by atoms with Crippen LogP contribution < -0.4 is 4.90 Å². The number of nitrogens with zero attached hydrogens (tertiary/aromatic N) is 1. The number of hydrogen-bond donors (Lipinski definition) is 1. The van der Waals surface area contributed by atoms with Crippen molar-refractivity contribution in [3.05, 3.63) is 24.3 Å². The highest BCUT2D eigenvalue weighted by atomic mass is 16.4. The lowest BCUT2D eigenvalue weighted by atomic mass is 10.3. The first-order chi connectivity index (χ1) is 6.11. The Balaban J connectivity index is 0.000000424. The fourth-order valence-corrected chi connectivity index (χ4v) is 0.771.